The van der Waals surface area contributed by atoms with Crippen LogP contribution < -0.4 is 5.73 Å². The highest BCUT2D eigenvalue weighted by atomic mass is 16.1. The summed E-state index contributed by atoms with van der Waals surface area (Å²) < 4.78 is 0. The average molecular weight is 240 g/mol. The minimum absolute atomic E-state index is 0.339. The van der Waals surface area contributed by atoms with E-state index in [9.17, 15) is 4.79 Å². The van der Waals surface area contributed by atoms with Crippen molar-refractivity contribution in [1.29, 1.82) is 0 Å². The van der Waals surface area contributed by atoms with Crippen molar-refractivity contribution in [2.24, 2.45) is 5.73 Å². The zero-order valence-corrected chi connectivity index (χ0v) is 10.3. The molecule has 2 aromatic rings. The number of amides is 1. The molecule has 2 rings (SSSR count). The number of aryl methyl sites for hydroxylation is 1. The fourth-order valence-corrected chi connectivity index (χ4v) is 1.89. The lowest BCUT2D eigenvalue weighted by atomic mass is 9.94. The monoisotopic (exact) mass is 240 g/mol. The Balaban J connectivity index is 2.22. The van der Waals surface area contributed by atoms with E-state index in [1.807, 2.05) is 49.4 Å². The van der Waals surface area contributed by atoms with Gasteiger partial charge in [-0.3, -0.25) is 9.78 Å². The second-order valence-electron chi connectivity index (χ2n) is 4.40. The molecular formula is C15H16N2O. The maximum absolute atomic E-state index is 11.6. The second-order valence-corrected chi connectivity index (χ2v) is 4.40. The molecular weight excluding hydrogens is 224 g/mol. The normalized spacial score (nSPS) is 12.1. The third-order valence-corrected chi connectivity index (χ3v) is 2.95. The molecule has 3 nitrogen and oxygen atoms in total. The minimum Gasteiger partial charge on any atom is -0.369 e. The predicted molar refractivity (Wildman–Crippen MR) is 71.1 cm³/mol. The summed E-state index contributed by atoms with van der Waals surface area (Å²) in [6, 6.07) is 13.6. The molecule has 0 saturated heterocycles. The van der Waals surface area contributed by atoms with Crippen LogP contribution in [0.15, 0.2) is 48.7 Å². The van der Waals surface area contributed by atoms with E-state index < -0.39 is 0 Å². The zero-order valence-electron chi connectivity index (χ0n) is 10.3. The van der Waals surface area contributed by atoms with E-state index in [0.717, 1.165) is 11.3 Å². The van der Waals surface area contributed by atoms with Gasteiger partial charge in [-0.25, -0.2) is 0 Å². The molecule has 2 N–H and O–H groups in total. The van der Waals surface area contributed by atoms with Gasteiger partial charge < -0.3 is 5.73 Å². The molecule has 1 aromatic carbocycles. The maximum atomic E-state index is 11.6. The molecule has 0 saturated carbocycles. The van der Waals surface area contributed by atoms with Crippen LogP contribution in [0.2, 0.25) is 0 Å². The summed E-state index contributed by atoms with van der Waals surface area (Å²) in [6.45, 7) is 2.04. The lowest BCUT2D eigenvalue weighted by Crippen LogP contribution is -2.24. The maximum Gasteiger partial charge on any atom is 0.226 e. The van der Waals surface area contributed by atoms with Crippen LogP contribution >= 0.6 is 0 Å². The van der Waals surface area contributed by atoms with Crippen molar-refractivity contribution in [2.45, 2.75) is 19.3 Å². The van der Waals surface area contributed by atoms with Gasteiger partial charge in [0.1, 0.15) is 0 Å². The van der Waals surface area contributed by atoms with Crippen LogP contribution in [0, 0.1) is 6.92 Å². The summed E-state index contributed by atoms with van der Waals surface area (Å²) in [7, 11) is 0. The number of pyridine rings is 1. The first-order chi connectivity index (χ1) is 8.66. The molecule has 0 aliphatic heterocycles. The number of carbonyl (C=O) groups excluding carboxylic acids is 1. The molecule has 1 heterocycles. The Morgan fingerprint density at radius 1 is 1.22 bits per heavy atom. The summed E-state index contributed by atoms with van der Waals surface area (Å²) >= 11 is 0. The van der Waals surface area contributed by atoms with Gasteiger partial charge in [0.15, 0.2) is 0 Å². The number of rotatable bonds is 4. The van der Waals surface area contributed by atoms with Gasteiger partial charge in [-0.2, -0.15) is 0 Å². The van der Waals surface area contributed by atoms with Gasteiger partial charge in [0.2, 0.25) is 5.91 Å². The first kappa shape index (κ1) is 12.3. The van der Waals surface area contributed by atoms with E-state index in [1.54, 1.807) is 6.20 Å². The van der Waals surface area contributed by atoms with Crippen molar-refractivity contribution in [1.82, 2.24) is 4.98 Å². The number of nitrogens with two attached hydrogens (primary N) is 1. The summed E-state index contributed by atoms with van der Waals surface area (Å²) in [5.41, 5.74) is 8.49. The van der Waals surface area contributed by atoms with Crippen molar-refractivity contribution in [3.8, 4) is 0 Å². The summed E-state index contributed by atoms with van der Waals surface area (Å²) in [5.74, 6) is -0.705. The van der Waals surface area contributed by atoms with Crippen LogP contribution in [0.4, 0.5) is 0 Å². The highest BCUT2D eigenvalue weighted by Gasteiger charge is 2.19. The summed E-state index contributed by atoms with van der Waals surface area (Å²) in [6.07, 6.45) is 2.27. The fraction of sp³-hybridized carbons (Fsp3) is 0.200. The minimum atomic E-state index is -0.367. The molecule has 0 radical (unpaired) electrons. The molecule has 0 aliphatic carbocycles. The standard InChI is InChI=1S/C15H16N2O/c1-11-5-7-12(8-6-11)10-13(15(16)18)14-4-2-3-9-17-14/h2-9,13H,10H2,1H3,(H2,16,18). The Morgan fingerprint density at radius 3 is 2.50 bits per heavy atom. The highest BCUT2D eigenvalue weighted by Crippen LogP contribution is 2.19. The van der Waals surface area contributed by atoms with Crippen LogP contribution in [-0.4, -0.2) is 10.9 Å². The number of hydrogen-bond acceptors (Lipinski definition) is 2. The molecule has 1 atom stereocenters. The van der Waals surface area contributed by atoms with E-state index in [1.165, 1.54) is 5.56 Å². The number of benzene rings is 1. The SMILES string of the molecule is Cc1ccc(CC(C(N)=O)c2ccccn2)cc1. The Kier molecular flexibility index (Phi) is 3.72. The van der Waals surface area contributed by atoms with Gasteiger partial charge in [0.25, 0.3) is 0 Å². The molecule has 1 unspecified atom stereocenters. The fourth-order valence-electron chi connectivity index (χ4n) is 1.89. The molecule has 92 valence electrons. The largest absolute Gasteiger partial charge is 0.369 e. The molecule has 1 amide bonds. The summed E-state index contributed by atoms with van der Waals surface area (Å²) in [4.78, 5) is 15.8. The molecule has 0 fully saturated rings. The number of hydrogen-bond donors (Lipinski definition) is 1. The number of nitrogens with zero attached hydrogens (tertiary/aromatic N) is 1. The molecule has 1 aromatic heterocycles. The van der Waals surface area contributed by atoms with E-state index in [0.29, 0.717) is 6.42 Å². The number of aromatic nitrogens is 1. The van der Waals surface area contributed by atoms with Crippen LogP contribution in [-0.2, 0) is 11.2 Å². The van der Waals surface area contributed by atoms with Crippen molar-refractivity contribution in [2.75, 3.05) is 0 Å². The molecule has 3 heteroatoms. The lowest BCUT2D eigenvalue weighted by Gasteiger charge is -2.12. The Labute approximate surface area is 107 Å². The van der Waals surface area contributed by atoms with Crippen molar-refractivity contribution in [3.05, 3.63) is 65.5 Å². The van der Waals surface area contributed by atoms with Crippen molar-refractivity contribution < 1.29 is 4.79 Å². The van der Waals surface area contributed by atoms with Crippen LogP contribution in [0.3, 0.4) is 0 Å². The van der Waals surface area contributed by atoms with Gasteiger partial charge in [-0.05, 0) is 31.0 Å². The molecule has 0 bridgehead atoms. The topological polar surface area (TPSA) is 56.0 Å². The van der Waals surface area contributed by atoms with E-state index in [2.05, 4.69) is 4.98 Å². The van der Waals surface area contributed by atoms with Gasteiger partial charge in [-0.1, -0.05) is 35.9 Å². The van der Waals surface area contributed by atoms with E-state index in [4.69, 9.17) is 5.73 Å². The van der Waals surface area contributed by atoms with E-state index in [-0.39, 0.29) is 11.8 Å². The average Bonchev–Trinajstić information content (AvgIpc) is 2.38. The number of carbonyl (C=O) groups is 1. The van der Waals surface area contributed by atoms with Crippen LogP contribution in [0.1, 0.15) is 22.7 Å². The van der Waals surface area contributed by atoms with Gasteiger partial charge in [0, 0.05) is 6.20 Å². The van der Waals surface area contributed by atoms with Crippen molar-refractivity contribution >= 4 is 5.91 Å². The Morgan fingerprint density at radius 2 is 1.94 bits per heavy atom. The van der Waals surface area contributed by atoms with Crippen molar-refractivity contribution in [3.63, 3.8) is 0 Å². The molecule has 18 heavy (non-hydrogen) atoms. The first-order valence-electron chi connectivity index (χ1n) is 5.92. The second kappa shape index (κ2) is 5.45. The van der Waals surface area contributed by atoms with Gasteiger partial charge in [-0.15, -0.1) is 0 Å². The summed E-state index contributed by atoms with van der Waals surface area (Å²) in [5, 5.41) is 0. The Hall–Kier alpha value is -2.16. The third-order valence-electron chi connectivity index (χ3n) is 2.95. The smallest absolute Gasteiger partial charge is 0.226 e. The predicted octanol–water partition coefficient (Wildman–Crippen LogP) is 2.20. The zero-order chi connectivity index (χ0) is 13.0. The first-order valence-corrected chi connectivity index (χ1v) is 5.92. The van der Waals surface area contributed by atoms with Crippen LogP contribution in [0.5, 0.6) is 0 Å². The number of primary amides is 1. The van der Waals surface area contributed by atoms with Gasteiger partial charge >= 0.3 is 0 Å². The quantitative estimate of drug-likeness (QED) is 0.890. The molecule has 0 spiro atoms. The third kappa shape index (κ3) is 2.94. The highest BCUT2D eigenvalue weighted by molar-refractivity contribution is 5.81. The van der Waals surface area contributed by atoms with E-state index >= 15 is 0 Å². The molecule has 0 aliphatic rings. The Bertz CT molecular complexity index is 520. The lowest BCUT2D eigenvalue weighted by molar-refractivity contribution is -0.119. The van der Waals surface area contributed by atoms with Crippen LogP contribution in [0.25, 0.3) is 0 Å². The van der Waals surface area contributed by atoms with Gasteiger partial charge in [0.05, 0.1) is 11.6 Å².